The summed E-state index contributed by atoms with van der Waals surface area (Å²) in [6.07, 6.45) is 3.36. The summed E-state index contributed by atoms with van der Waals surface area (Å²) in [6.45, 7) is -0.248. The van der Waals surface area contributed by atoms with Crippen LogP contribution in [0.25, 0.3) is 5.57 Å². The van der Waals surface area contributed by atoms with E-state index in [2.05, 4.69) is 0 Å². The number of phenols is 1. The van der Waals surface area contributed by atoms with E-state index in [0.29, 0.717) is 41.0 Å². The molecule has 122 valence electrons. The molecule has 3 N–H and O–H groups in total. The molecule has 0 radical (unpaired) electrons. The van der Waals surface area contributed by atoms with Gasteiger partial charge in [0.15, 0.2) is 0 Å². The van der Waals surface area contributed by atoms with Gasteiger partial charge in [0.25, 0.3) is 6.29 Å². The lowest BCUT2D eigenvalue weighted by Gasteiger charge is -2.17. The van der Waals surface area contributed by atoms with Gasteiger partial charge in [-0.25, -0.2) is 0 Å². The van der Waals surface area contributed by atoms with E-state index in [9.17, 15) is 15.3 Å². The minimum atomic E-state index is -0.689. The molecular formula is C17H18O6. The van der Waals surface area contributed by atoms with Gasteiger partial charge in [-0.1, -0.05) is 0 Å². The summed E-state index contributed by atoms with van der Waals surface area (Å²) in [7, 11) is 1.52. The number of hydrogen-bond acceptors (Lipinski definition) is 6. The topological polar surface area (TPSA) is 88.4 Å². The van der Waals surface area contributed by atoms with Gasteiger partial charge in [-0.2, -0.15) is 0 Å². The predicted molar refractivity (Wildman–Crippen MR) is 81.3 cm³/mol. The normalized spacial score (nSPS) is 27.7. The number of fused-ring (bicyclic) bond motifs is 3. The summed E-state index contributed by atoms with van der Waals surface area (Å²) in [5.74, 6) is 0.892. The Kier molecular flexibility index (Phi) is 3.25. The third-order valence-electron chi connectivity index (χ3n) is 4.78. The van der Waals surface area contributed by atoms with Gasteiger partial charge >= 0.3 is 0 Å². The zero-order valence-corrected chi connectivity index (χ0v) is 12.7. The highest BCUT2D eigenvalue weighted by molar-refractivity contribution is 5.82. The van der Waals surface area contributed by atoms with Crippen molar-refractivity contribution in [2.24, 2.45) is 0 Å². The number of methoxy groups -OCH3 is 1. The first-order chi connectivity index (χ1) is 11.2. The monoisotopic (exact) mass is 318 g/mol. The smallest absolute Gasteiger partial charge is 0.250 e. The van der Waals surface area contributed by atoms with Crippen molar-refractivity contribution in [1.29, 1.82) is 0 Å². The van der Waals surface area contributed by atoms with Crippen LogP contribution in [0.5, 0.6) is 17.2 Å². The fourth-order valence-electron chi connectivity index (χ4n) is 3.65. The molecule has 1 unspecified atom stereocenters. The molecule has 0 saturated heterocycles. The number of benzene rings is 1. The Morgan fingerprint density at radius 3 is 2.96 bits per heavy atom. The first-order valence-electron chi connectivity index (χ1n) is 7.59. The molecule has 4 rings (SSSR count). The number of aliphatic hydroxyl groups excluding tert-OH is 2. The minimum Gasteiger partial charge on any atom is -0.507 e. The first kappa shape index (κ1) is 14.4. The van der Waals surface area contributed by atoms with Crippen LogP contribution in [-0.2, 0) is 4.74 Å². The summed E-state index contributed by atoms with van der Waals surface area (Å²) < 4.78 is 16.5. The Labute approximate surface area is 133 Å². The maximum absolute atomic E-state index is 10.9. The SMILES string of the molecule is COc1cc2c(c(O)c1C1=C(CO)C(O)CC1)[C@@H]1C=CO[C@@H]1O2. The second-order valence-electron chi connectivity index (χ2n) is 5.91. The number of aliphatic hydroxyl groups is 2. The zero-order valence-electron chi connectivity index (χ0n) is 12.7. The van der Waals surface area contributed by atoms with Gasteiger partial charge in [-0.05, 0) is 30.1 Å². The average Bonchev–Trinajstić information content (AvgIpc) is 3.20. The number of aromatic hydroxyl groups is 1. The van der Waals surface area contributed by atoms with E-state index in [4.69, 9.17) is 14.2 Å². The van der Waals surface area contributed by atoms with Crippen LogP contribution in [0.3, 0.4) is 0 Å². The highest BCUT2D eigenvalue weighted by atomic mass is 16.7. The number of allylic oxidation sites excluding steroid dienone is 1. The molecule has 1 aliphatic carbocycles. The number of phenolic OH excluding ortho intramolecular Hbond substituents is 1. The molecule has 0 bridgehead atoms. The fourth-order valence-corrected chi connectivity index (χ4v) is 3.65. The molecule has 0 saturated carbocycles. The molecule has 6 nitrogen and oxygen atoms in total. The van der Waals surface area contributed by atoms with Crippen LogP contribution < -0.4 is 9.47 Å². The fraction of sp³-hybridized carbons (Fsp3) is 0.412. The Bertz CT molecular complexity index is 720. The van der Waals surface area contributed by atoms with Gasteiger partial charge < -0.3 is 29.5 Å². The Hall–Kier alpha value is -2.18. The van der Waals surface area contributed by atoms with Crippen molar-refractivity contribution in [3.63, 3.8) is 0 Å². The van der Waals surface area contributed by atoms with Crippen molar-refractivity contribution in [1.82, 2.24) is 0 Å². The van der Waals surface area contributed by atoms with E-state index in [1.165, 1.54) is 7.11 Å². The average molecular weight is 318 g/mol. The lowest BCUT2D eigenvalue weighted by atomic mass is 9.92. The third-order valence-corrected chi connectivity index (χ3v) is 4.78. The van der Waals surface area contributed by atoms with E-state index in [1.54, 1.807) is 12.3 Å². The first-order valence-corrected chi connectivity index (χ1v) is 7.59. The molecule has 3 atom stereocenters. The summed E-state index contributed by atoms with van der Waals surface area (Å²) >= 11 is 0. The van der Waals surface area contributed by atoms with Crippen LogP contribution in [0.15, 0.2) is 24.0 Å². The largest absolute Gasteiger partial charge is 0.507 e. The predicted octanol–water partition coefficient (Wildman–Crippen LogP) is 1.65. The minimum absolute atomic E-state index is 0.0667. The van der Waals surface area contributed by atoms with Gasteiger partial charge in [0.1, 0.15) is 17.2 Å². The quantitative estimate of drug-likeness (QED) is 0.785. The van der Waals surface area contributed by atoms with Gasteiger partial charge in [-0.15, -0.1) is 0 Å². The maximum Gasteiger partial charge on any atom is 0.250 e. The molecular weight excluding hydrogens is 300 g/mol. The third kappa shape index (κ3) is 1.95. The molecule has 0 aromatic heterocycles. The Morgan fingerprint density at radius 1 is 1.39 bits per heavy atom. The highest BCUT2D eigenvalue weighted by Gasteiger charge is 2.42. The van der Waals surface area contributed by atoms with Crippen LogP contribution in [-0.4, -0.2) is 41.4 Å². The van der Waals surface area contributed by atoms with Crippen molar-refractivity contribution < 1.29 is 29.5 Å². The molecule has 3 aliphatic rings. The molecule has 0 fully saturated rings. The second kappa shape index (κ2) is 5.18. The standard InChI is InChI=1S/C17H18O6/c1-21-12-6-13-15(9-4-5-22-17(9)23-13)16(20)14(12)8-2-3-11(19)10(8)7-18/h4-6,9,11,17-20H,2-3,7H2,1H3/t9-,11?,17+/m0/s1. The van der Waals surface area contributed by atoms with E-state index >= 15 is 0 Å². The van der Waals surface area contributed by atoms with Crippen molar-refractivity contribution in [2.75, 3.05) is 13.7 Å². The molecule has 1 aromatic carbocycles. The van der Waals surface area contributed by atoms with Crippen molar-refractivity contribution in [2.45, 2.75) is 31.2 Å². The van der Waals surface area contributed by atoms with Crippen molar-refractivity contribution >= 4 is 5.57 Å². The van der Waals surface area contributed by atoms with E-state index < -0.39 is 12.4 Å². The van der Waals surface area contributed by atoms with E-state index in [-0.39, 0.29) is 18.3 Å². The van der Waals surface area contributed by atoms with Crippen LogP contribution in [0.2, 0.25) is 0 Å². The van der Waals surface area contributed by atoms with Crippen LogP contribution in [0, 0.1) is 0 Å². The Balaban J connectivity index is 1.93. The van der Waals surface area contributed by atoms with Crippen molar-refractivity contribution in [3.8, 4) is 17.2 Å². The summed E-state index contributed by atoms with van der Waals surface area (Å²) in [5.41, 5.74) is 2.46. The van der Waals surface area contributed by atoms with Gasteiger partial charge in [0.05, 0.1) is 43.1 Å². The zero-order chi connectivity index (χ0) is 16.1. The molecule has 23 heavy (non-hydrogen) atoms. The number of hydrogen-bond donors (Lipinski definition) is 3. The molecule has 2 heterocycles. The number of ether oxygens (including phenoxy) is 3. The molecule has 0 amide bonds. The molecule has 1 aromatic rings. The summed E-state index contributed by atoms with van der Waals surface area (Å²) in [6, 6.07) is 1.73. The Morgan fingerprint density at radius 2 is 2.22 bits per heavy atom. The van der Waals surface area contributed by atoms with Crippen LogP contribution >= 0.6 is 0 Å². The number of rotatable bonds is 3. The molecule has 0 spiro atoms. The summed E-state index contributed by atoms with van der Waals surface area (Å²) in [4.78, 5) is 0. The lowest BCUT2D eigenvalue weighted by Crippen LogP contribution is -2.14. The summed E-state index contributed by atoms with van der Waals surface area (Å²) in [5, 5.41) is 30.5. The highest BCUT2D eigenvalue weighted by Crippen LogP contribution is 2.54. The lowest BCUT2D eigenvalue weighted by molar-refractivity contribution is -0.00491. The molecule has 2 aliphatic heterocycles. The van der Waals surface area contributed by atoms with Crippen LogP contribution in [0.1, 0.15) is 29.9 Å². The van der Waals surface area contributed by atoms with E-state index in [1.807, 2.05) is 6.08 Å². The van der Waals surface area contributed by atoms with Gasteiger partial charge in [0.2, 0.25) is 0 Å². The van der Waals surface area contributed by atoms with Gasteiger partial charge in [0, 0.05) is 6.07 Å². The maximum atomic E-state index is 10.9. The van der Waals surface area contributed by atoms with Gasteiger partial charge in [-0.3, -0.25) is 0 Å². The van der Waals surface area contributed by atoms with E-state index in [0.717, 1.165) is 5.57 Å². The molecule has 6 heteroatoms. The van der Waals surface area contributed by atoms with Crippen molar-refractivity contribution in [3.05, 3.63) is 35.1 Å². The second-order valence-corrected chi connectivity index (χ2v) is 5.91. The van der Waals surface area contributed by atoms with Crippen LogP contribution in [0.4, 0.5) is 0 Å².